The predicted octanol–water partition coefficient (Wildman–Crippen LogP) is 2.96. The Morgan fingerprint density at radius 1 is 1.40 bits per heavy atom. The van der Waals surface area contributed by atoms with Gasteiger partial charge in [-0.1, -0.05) is 43.7 Å². The lowest BCUT2D eigenvalue weighted by Gasteiger charge is -2.38. The fourth-order valence-electron chi connectivity index (χ4n) is 2.41. The molecule has 0 saturated carbocycles. The van der Waals surface area contributed by atoms with E-state index in [0.29, 0.717) is 13.2 Å². The van der Waals surface area contributed by atoms with Gasteiger partial charge in [0.2, 0.25) is 0 Å². The van der Waals surface area contributed by atoms with Gasteiger partial charge in [-0.3, -0.25) is 0 Å². The lowest BCUT2D eigenvalue weighted by molar-refractivity contribution is 0.0710. The van der Waals surface area contributed by atoms with Gasteiger partial charge in [-0.25, -0.2) is 4.79 Å². The first kappa shape index (κ1) is 14.9. The molecule has 1 fully saturated rings. The molecule has 20 heavy (non-hydrogen) atoms. The molecule has 1 heterocycles. The Hall–Kier alpha value is -1.55. The van der Waals surface area contributed by atoms with Gasteiger partial charge in [-0.15, -0.1) is 0 Å². The number of unbranched alkanes of at least 4 members (excludes halogenated alkanes) is 1. The van der Waals surface area contributed by atoms with E-state index in [9.17, 15) is 4.79 Å². The molecular weight excluding hydrogens is 252 g/mol. The van der Waals surface area contributed by atoms with Crippen molar-refractivity contribution in [1.29, 1.82) is 0 Å². The molecule has 1 aromatic carbocycles. The van der Waals surface area contributed by atoms with E-state index in [4.69, 9.17) is 4.74 Å². The number of carbonyl (C=O) groups excluding carboxylic acids is 1. The Morgan fingerprint density at radius 3 is 2.85 bits per heavy atom. The summed E-state index contributed by atoms with van der Waals surface area (Å²) in [4.78, 5) is 14.0. The van der Waals surface area contributed by atoms with Crippen molar-refractivity contribution in [1.82, 2.24) is 10.2 Å². The van der Waals surface area contributed by atoms with Gasteiger partial charge in [0.1, 0.15) is 0 Å². The average molecular weight is 276 g/mol. The zero-order valence-electron chi connectivity index (χ0n) is 12.3. The van der Waals surface area contributed by atoms with E-state index in [2.05, 4.69) is 31.3 Å². The molecule has 0 aromatic heterocycles. The standard InChI is InChI=1S/C16H24N2O2/c1-3-4-10-20-16(19)18-12-15(17-11-13(18)2)14-8-6-5-7-9-14/h5-9,13,15,17H,3-4,10-12H2,1-2H3. The highest BCUT2D eigenvalue weighted by molar-refractivity contribution is 5.68. The van der Waals surface area contributed by atoms with Gasteiger partial charge in [-0.05, 0) is 18.9 Å². The summed E-state index contributed by atoms with van der Waals surface area (Å²) in [5.41, 5.74) is 1.21. The van der Waals surface area contributed by atoms with E-state index in [1.165, 1.54) is 5.56 Å². The molecule has 1 aromatic rings. The van der Waals surface area contributed by atoms with Crippen LogP contribution in [0, 0.1) is 0 Å². The van der Waals surface area contributed by atoms with Crippen LogP contribution in [0.5, 0.6) is 0 Å². The number of benzene rings is 1. The number of piperazine rings is 1. The number of hydrogen-bond acceptors (Lipinski definition) is 3. The number of rotatable bonds is 4. The highest BCUT2D eigenvalue weighted by atomic mass is 16.6. The normalized spacial score (nSPS) is 22.6. The second-order valence-corrected chi connectivity index (χ2v) is 5.34. The highest BCUT2D eigenvalue weighted by Crippen LogP contribution is 2.20. The van der Waals surface area contributed by atoms with Crippen LogP contribution in [-0.4, -0.2) is 36.7 Å². The molecule has 1 saturated heterocycles. The van der Waals surface area contributed by atoms with E-state index in [0.717, 1.165) is 19.4 Å². The lowest BCUT2D eigenvalue weighted by Crippen LogP contribution is -2.53. The first-order valence-corrected chi connectivity index (χ1v) is 7.44. The minimum atomic E-state index is -0.187. The summed E-state index contributed by atoms with van der Waals surface area (Å²) in [6.07, 6.45) is 1.78. The molecule has 0 radical (unpaired) electrons. The van der Waals surface area contributed by atoms with Crippen molar-refractivity contribution >= 4 is 6.09 Å². The zero-order chi connectivity index (χ0) is 14.4. The van der Waals surface area contributed by atoms with Gasteiger partial charge in [0.25, 0.3) is 0 Å². The molecule has 2 unspecified atom stereocenters. The predicted molar refractivity (Wildman–Crippen MR) is 79.6 cm³/mol. The zero-order valence-corrected chi connectivity index (χ0v) is 12.3. The molecule has 110 valence electrons. The summed E-state index contributed by atoms with van der Waals surface area (Å²) in [5.74, 6) is 0. The molecule has 0 bridgehead atoms. The third-order valence-corrected chi connectivity index (χ3v) is 3.73. The van der Waals surface area contributed by atoms with Crippen LogP contribution in [-0.2, 0) is 4.74 Å². The highest BCUT2D eigenvalue weighted by Gasteiger charge is 2.30. The first-order valence-electron chi connectivity index (χ1n) is 7.44. The third-order valence-electron chi connectivity index (χ3n) is 3.73. The van der Waals surface area contributed by atoms with Crippen LogP contribution in [0.4, 0.5) is 4.79 Å². The SMILES string of the molecule is CCCCOC(=O)N1CC(c2ccccc2)NCC1C. The van der Waals surface area contributed by atoms with E-state index in [-0.39, 0.29) is 18.2 Å². The van der Waals surface area contributed by atoms with Crippen LogP contribution in [0.1, 0.15) is 38.3 Å². The Balaban J connectivity index is 1.96. The Kier molecular flexibility index (Phi) is 5.41. The van der Waals surface area contributed by atoms with Crippen molar-refractivity contribution in [2.24, 2.45) is 0 Å². The second kappa shape index (κ2) is 7.29. The second-order valence-electron chi connectivity index (χ2n) is 5.34. The minimum Gasteiger partial charge on any atom is -0.449 e. The van der Waals surface area contributed by atoms with Crippen molar-refractivity contribution in [3.05, 3.63) is 35.9 Å². The molecule has 0 aliphatic carbocycles. The van der Waals surface area contributed by atoms with Gasteiger partial charge < -0.3 is 15.0 Å². The maximum absolute atomic E-state index is 12.1. The molecule has 4 nitrogen and oxygen atoms in total. The number of nitrogens with zero attached hydrogens (tertiary/aromatic N) is 1. The van der Waals surface area contributed by atoms with Gasteiger partial charge in [0.15, 0.2) is 0 Å². The summed E-state index contributed by atoms with van der Waals surface area (Å²) in [6.45, 7) is 6.11. The Morgan fingerprint density at radius 2 is 2.15 bits per heavy atom. The molecule has 4 heteroatoms. The molecule has 1 aliphatic rings. The van der Waals surface area contributed by atoms with Crippen LogP contribution in [0.25, 0.3) is 0 Å². The summed E-state index contributed by atoms with van der Waals surface area (Å²) in [6, 6.07) is 10.6. The van der Waals surface area contributed by atoms with Crippen LogP contribution < -0.4 is 5.32 Å². The quantitative estimate of drug-likeness (QED) is 0.860. The Bertz CT molecular complexity index is 422. The smallest absolute Gasteiger partial charge is 0.410 e. The summed E-state index contributed by atoms with van der Waals surface area (Å²) in [7, 11) is 0. The van der Waals surface area contributed by atoms with Gasteiger partial charge >= 0.3 is 6.09 Å². The maximum Gasteiger partial charge on any atom is 0.410 e. The largest absolute Gasteiger partial charge is 0.449 e. The number of ether oxygens (including phenoxy) is 1. The molecule has 1 aliphatic heterocycles. The minimum absolute atomic E-state index is 0.170. The fraction of sp³-hybridized carbons (Fsp3) is 0.562. The topological polar surface area (TPSA) is 41.6 Å². The van der Waals surface area contributed by atoms with Gasteiger partial charge in [0, 0.05) is 19.1 Å². The maximum atomic E-state index is 12.1. The molecule has 0 spiro atoms. The van der Waals surface area contributed by atoms with E-state index >= 15 is 0 Å². The fourth-order valence-corrected chi connectivity index (χ4v) is 2.41. The van der Waals surface area contributed by atoms with Crippen molar-refractivity contribution < 1.29 is 9.53 Å². The summed E-state index contributed by atoms with van der Waals surface area (Å²) < 4.78 is 5.34. The molecule has 1 N–H and O–H groups in total. The van der Waals surface area contributed by atoms with Crippen molar-refractivity contribution in [2.45, 2.75) is 38.8 Å². The van der Waals surface area contributed by atoms with Crippen LogP contribution in [0.15, 0.2) is 30.3 Å². The molecule has 2 atom stereocenters. The monoisotopic (exact) mass is 276 g/mol. The van der Waals surface area contributed by atoms with Crippen LogP contribution in [0.3, 0.4) is 0 Å². The first-order chi connectivity index (χ1) is 9.72. The van der Waals surface area contributed by atoms with E-state index < -0.39 is 0 Å². The lowest BCUT2D eigenvalue weighted by atomic mass is 10.0. The van der Waals surface area contributed by atoms with Gasteiger partial charge in [-0.2, -0.15) is 0 Å². The van der Waals surface area contributed by atoms with Gasteiger partial charge in [0.05, 0.1) is 12.6 Å². The van der Waals surface area contributed by atoms with E-state index in [1.807, 2.05) is 23.1 Å². The summed E-state index contributed by atoms with van der Waals surface area (Å²) >= 11 is 0. The third kappa shape index (κ3) is 3.73. The van der Waals surface area contributed by atoms with Crippen molar-refractivity contribution in [2.75, 3.05) is 19.7 Å². The van der Waals surface area contributed by atoms with Crippen molar-refractivity contribution in [3.63, 3.8) is 0 Å². The number of carbonyl (C=O) groups is 1. The summed E-state index contributed by atoms with van der Waals surface area (Å²) in [5, 5.41) is 3.49. The number of amides is 1. The molecule has 2 rings (SSSR count). The van der Waals surface area contributed by atoms with Crippen LogP contribution >= 0.6 is 0 Å². The average Bonchev–Trinajstić information content (AvgIpc) is 2.49. The van der Waals surface area contributed by atoms with Crippen LogP contribution in [0.2, 0.25) is 0 Å². The molecule has 1 amide bonds. The Labute approximate surface area is 121 Å². The van der Waals surface area contributed by atoms with E-state index in [1.54, 1.807) is 0 Å². The number of nitrogens with one attached hydrogen (secondary N) is 1. The molecular formula is C16H24N2O2. The number of hydrogen-bond donors (Lipinski definition) is 1. The van der Waals surface area contributed by atoms with Crippen molar-refractivity contribution in [3.8, 4) is 0 Å².